The van der Waals surface area contributed by atoms with Gasteiger partial charge in [-0.05, 0) is 7.05 Å². The number of rotatable bonds is 7. The fourth-order valence-electron chi connectivity index (χ4n) is 1.46. The number of carboxylic acid groups (broad SMARTS) is 1. The van der Waals surface area contributed by atoms with E-state index >= 15 is 0 Å². The summed E-state index contributed by atoms with van der Waals surface area (Å²) in [5.74, 6) is -0.870. The highest BCUT2D eigenvalue weighted by atomic mass is 19.3. The molecule has 1 heterocycles. The van der Waals surface area contributed by atoms with Gasteiger partial charge in [0.15, 0.2) is 5.76 Å². The van der Waals surface area contributed by atoms with Crippen LogP contribution in [0.25, 0.3) is 0 Å². The SMILES string of the molecule is CN(Cc1cc(C(F)F)no1)CC(O)CC(=O)O. The molecule has 0 aliphatic rings. The normalized spacial score (nSPS) is 13.2. The monoisotopic (exact) mass is 264 g/mol. The molecular weight excluding hydrogens is 250 g/mol. The van der Waals surface area contributed by atoms with E-state index in [1.54, 1.807) is 11.9 Å². The molecule has 1 unspecified atom stereocenters. The maximum atomic E-state index is 12.2. The molecule has 0 fully saturated rings. The van der Waals surface area contributed by atoms with Gasteiger partial charge in [0, 0.05) is 12.6 Å². The van der Waals surface area contributed by atoms with Crippen LogP contribution in [0.2, 0.25) is 0 Å². The van der Waals surface area contributed by atoms with Crippen LogP contribution in [-0.4, -0.2) is 45.9 Å². The largest absolute Gasteiger partial charge is 0.481 e. The Hall–Kier alpha value is -1.54. The molecule has 102 valence electrons. The highest BCUT2D eigenvalue weighted by Gasteiger charge is 2.16. The maximum Gasteiger partial charge on any atom is 0.306 e. The smallest absolute Gasteiger partial charge is 0.306 e. The van der Waals surface area contributed by atoms with Crippen molar-refractivity contribution < 1.29 is 28.3 Å². The molecule has 1 atom stereocenters. The second-order valence-electron chi connectivity index (χ2n) is 3.97. The van der Waals surface area contributed by atoms with Gasteiger partial charge in [-0.3, -0.25) is 9.69 Å². The lowest BCUT2D eigenvalue weighted by molar-refractivity contribution is -0.139. The summed E-state index contributed by atoms with van der Waals surface area (Å²) < 4.78 is 29.1. The van der Waals surface area contributed by atoms with Crippen LogP contribution in [0.15, 0.2) is 10.6 Å². The molecule has 0 saturated carbocycles. The van der Waals surface area contributed by atoms with Crippen LogP contribution < -0.4 is 0 Å². The van der Waals surface area contributed by atoms with E-state index in [9.17, 15) is 18.7 Å². The minimum absolute atomic E-state index is 0.0943. The summed E-state index contributed by atoms with van der Waals surface area (Å²) in [6.45, 7) is 0.257. The van der Waals surface area contributed by atoms with Crippen LogP contribution in [0.1, 0.15) is 24.3 Å². The zero-order chi connectivity index (χ0) is 13.7. The molecule has 8 heteroatoms. The van der Waals surface area contributed by atoms with Gasteiger partial charge in [0.2, 0.25) is 0 Å². The molecule has 0 aliphatic heterocycles. The van der Waals surface area contributed by atoms with Crippen molar-refractivity contribution >= 4 is 5.97 Å². The highest BCUT2D eigenvalue weighted by molar-refractivity contribution is 5.67. The molecule has 0 spiro atoms. The number of aliphatic carboxylic acids is 1. The summed E-state index contributed by atoms with van der Waals surface area (Å²) in [5.41, 5.74) is -0.440. The van der Waals surface area contributed by atoms with E-state index in [2.05, 4.69) is 9.68 Å². The molecule has 18 heavy (non-hydrogen) atoms. The average molecular weight is 264 g/mol. The molecule has 6 nitrogen and oxygen atoms in total. The van der Waals surface area contributed by atoms with Crippen LogP contribution in [0.4, 0.5) is 8.78 Å². The molecule has 0 aliphatic carbocycles. The van der Waals surface area contributed by atoms with E-state index in [-0.39, 0.29) is 25.3 Å². The zero-order valence-electron chi connectivity index (χ0n) is 9.71. The molecule has 0 aromatic carbocycles. The number of carbonyl (C=O) groups is 1. The average Bonchev–Trinajstić information content (AvgIpc) is 2.63. The number of aliphatic hydroxyl groups excluding tert-OH is 1. The molecule has 0 radical (unpaired) electrons. The second-order valence-corrected chi connectivity index (χ2v) is 3.97. The molecule has 2 N–H and O–H groups in total. The van der Waals surface area contributed by atoms with E-state index in [4.69, 9.17) is 5.11 Å². The fraction of sp³-hybridized carbons (Fsp3) is 0.600. The predicted molar refractivity (Wildman–Crippen MR) is 56.1 cm³/mol. The van der Waals surface area contributed by atoms with Crippen molar-refractivity contribution in [2.45, 2.75) is 25.5 Å². The Labute approximate surface area is 102 Å². The third-order valence-electron chi connectivity index (χ3n) is 2.16. The summed E-state index contributed by atoms with van der Waals surface area (Å²) >= 11 is 0. The van der Waals surface area contributed by atoms with Crippen molar-refractivity contribution in [1.29, 1.82) is 0 Å². The first-order valence-electron chi connectivity index (χ1n) is 5.20. The molecular formula is C10H14F2N2O4. The van der Waals surface area contributed by atoms with Crippen molar-refractivity contribution in [1.82, 2.24) is 10.1 Å². The quantitative estimate of drug-likeness (QED) is 0.760. The van der Waals surface area contributed by atoms with Crippen LogP contribution in [-0.2, 0) is 11.3 Å². The Kier molecular flexibility index (Phi) is 5.17. The minimum atomic E-state index is -2.69. The lowest BCUT2D eigenvalue weighted by Gasteiger charge is -2.17. The Morgan fingerprint density at radius 1 is 1.61 bits per heavy atom. The number of aromatic nitrogens is 1. The summed E-state index contributed by atoms with van der Waals surface area (Å²) in [4.78, 5) is 11.9. The van der Waals surface area contributed by atoms with E-state index < -0.39 is 24.2 Å². The minimum Gasteiger partial charge on any atom is -0.481 e. The van der Waals surface area contributed by atoms with Crippen LogP contribution in [0.5, 0.6) is 0 Å². The summed E-state index contributed by atoms with van der Waals surface area (Å²) in [7, 11) is 1.61. The first-order valence-corrected chi connectivity index (χ1v) is 5.20. The van der Waals surface area contributed by atoms with E-state index in [0.29, 0.717) is 0 Å². The molecule has 1 rings (SSSR count). The number of carboxylic acids is 1. The summed E-state index contributed by atoms with van der Waals surface area (Å²) in [6.07, 6.45) is -4.08. The lowest BCUT2D eigenvalue weighted by Crippen LogP contribution is -2.30. The van der Waals surface area contributed by atoms with Gasteiger partial charge in [0.1, 0.15) is 5.69 Å². The number of aliphatic hydroxyl groups is 1. The van der Waals surface area contributed by atoms with Crippen molar-refractivity contribution in [2.75, 3.05) is 13.6 Å². The van der Waals surface area contributed by atoms with Gasteiger partial charge in [-0.1, -0.05) is 5.16 Å². The highest BCUT2D eigenvalue weighted by Crippen LogP contribution is 2.18. The maximum absolute atomic E-state index is 12.2. The number of hydrogen-bond donors (Lipinski definition) is 2. The number of halogens is 2. The van der Waals surface area contributed by atoms with Crippen LogP contribution in [0, 0.1) is 0 Å². The number of nitrogens with zero attached hydrogens (tertiary/aromatic N) is 2. The van der Waals surface area contributed by atoms with Gasteiger partial charge < -0.3 is 14.7 Å². The lowest BCUT2D eigenvalue weighted by atomic mass is 10.2. The standard InChI is InChI=1S/C10H14F2N2O4/c1-14(4-6(15)2-9(16)17)5-7-3-8(10(11)12)13-18-7/h3,6,10,15H,2,4-5H2,1H3,(H,16,17). The molecule has 0 saturated heterocycles. The molecule has 0 amide bonds. The van der Waals surface area contributed by atoms with Crippen molar-refractivity contribution in [3.63, 3.8) is 0 Å². The molecule has 1 aromatic heterocycles. The Balaban J connectivity index is 2.43. The van der Waals surface area contributed by atoms with Crippen molar-refractivity contribution in [3.05, 3.63) is 17.5 Å². The van der Waals surface area contributed by atoms with Crippen molar-refractivity contribution in [3.8, 4) is 0 Å². The molecule has 0 bridgehead atoms. The van der Waals surface area contributed by atoms with Crippen LogP contribution in [0.3, 0.4) is 0 Å². The fourth-order valence-corrected chi connectivity index (χ4v) is 1.46. The van der Waals surface area contributed by atoms with Gasteiger partial charge in [0.05, 0.1) is 19.1 Å². The number of alkyl halides is 2. The summed E-state index contributed by atoms with van der Waals surface area (Å²) in [5, 5.41) is 21.0. The Morgan fingerprint density at radius 2 is 2.28 bits per heavy atom. The second kappa shape index (κ2) is 6.41. The number of likely N-dealkylation sites (N-methyl/N-ethyl adjacent to an activating group) is 1. The first-order chi connectivity index (χ1) is 8.38. The Bertz CT molecular complexity index is 397. The van der Waals surface area contributed by atoms with Gasteiger partial charge in [0.25, 0.3) is 6.43 Å². The number of hydrogen-bond acceptors (Lipinski definition) is 5. The van der Waals surface area contributed by atoms with Gasteiger partial charge in [-0.2, -0.15) is 0 Å². The first kappa shape index (κ1) is 14.5. The third-order valence-corrected chi connectivity index (χ3v) is 2.16. The topological polar surface area (TPSA) is 86.8 Å². The third kappa shape index (κ3) is 4.76. The summed E-state index contributed by atoms with van der Waals surface area (Å²) in [6, 6.07) is 1.13. The predicted octanol–water partition coefficient (Wildman–Crippen LogP) is 0.880. The van der Waals surface area contributed by atoms with E-state index in [1.807, 2.05) is 0 Å². The van der Waals surface area contributed by atoms with E-state index in [1.165, 1.54) is 0 Å². The van der Waals surface area contributed by atoms with E-state index in [0.717, 1.165) is 6.07 Å². The Morgan fingerprint density at radius 3 is 2.78 bits per heavy atom. The molecule has 1 aromatic rings. The van der Waals surface area contributed by atoms with Gasteiger partial charge in [-0.25, -0.2) is 8.78 Å². The van der Waals surface area contributed by atoms with Gasteiger partial charge >= 0.3 is 5.97 Å². The zero-order valence-corrected chi connectivity index (χ0v) is 9.71. The van der Waals surface area contributed by atoms with Crippen molar-refractivity contribution in [2.24, 2.45) is 0 Å². The van der Waals surface area contributed by atoms with Crippen LogP contribution >= 0.6 is 0 Å². The van der Waals surface area contributed by atoms with Gasteiger partial charge in [-0.15, -0.1) is 0 Å².